The van der Waals surface area contributed by atoms with Gasteiger partial charge in [0.05, 0.1) is 0 Å². The van der Waals surface area contributed by atoms with Crippen molar-refractivity contribution in [3.05, 3.63) is 180 Å². The van der Waals surface area contributed by atoms with Gasteiger partial charge in [-0.05, 0) is 103 Å². The highest BCUT2D eigenvalue weighted by Gasteiger charge is 2.44. The second kappa shape index (κ2) is 12.6. The van der Waals surface area contributed by atoms with E-state index in [1.54, 1.807) is 0 Å². The predicted molar refractivity (Wildman–Crippen MR) is 200 cm³/mol. The number of anilines is 3. The van der Waals surface area contributed by atoms with Crippen LogP contribution in [0.5, 0.6) is 0 Å². The van der Waals surface area contributed by atoms with Crippen LogP contribution in [0.2, 0.25) is 0 Å². The summed E-state index contributed by atoms with van der Waals surface area (Å²) in [5.41, 5.74) is 16.2. The maximum absolute atomic E-state index is 2.47. The fourth-order valence-electron chi connectivity index (χ4n) is 7.26. The second-order valence-corrected chi connectivity index (χ2v) is 11.9. The Morgan fingerprint density at radius 1 is 0.739 bits per heavy atom. The summed E-state index contributed by atoms with van der Waals surface area (Å²) in [4.78, 5) is 4.94. The van der Waals surface area contributed by atoms with E-state index in [4.69, 9.17) is 0 Å². The SMILES string of the molecule is C/C=C\C(=C/C)N1C(C)=C2B(c3ccc(C4=CCC=CC=C4)cc31)c1ccc(-c3ccccc3)cc1N(c1ccccc1)/C2=C/C. The number of hydrogen-bond acceptors (Lipinski definition) is 2. The Balaban J connectivity index is 1.52. The first-order chi connectivity index (χ1) is 22.6. The van der Waals surface area contributed by atoms with E-state index >= 15 is 0 Å². The van der Waals surface area contributed by atoms with Gasteiger partial charge in [-0.2, -0.15) is 0 Å². The molecule has 0 saturated heterocycles. The predicted octanol–water partition coefficient (Wildman–Crippen LogP) is 10.0. The number of hydrogen-bond donors (Lipinski definition) is 0. The van der Waals surface area contributed by atoms with Gasteiger partial charge in [-0.15, -0.1) is 0 Å². The van der Waals surface area contributed by atoms with Crippen LogP contribution in [0.1, 0.15) is 39.7 Å². The van der Waals surface area contributed by atoms with E-state index in [0.717, 1.165) is 12.1 Å². The average Bonchev–Trinajstić information content (AvgIpc) is 3.40. The fourth-order valence-corrected chi connectivity index (χ4v) is 7.26. The van der Waals surface area contributed by atoms with Gasteiger partial charge in [-0.3, -0.25) is 0 Å². The minimum atomic E-state index is 0.0929. The van der Waals surface area contributed by atoms with E-state index in [2.05, 4.69) is 189 Å². The lowest BCUT2D eigenvalue weighted by molar-refractivity contribution is 1.05. The Hall–Kier alpha value is -5.28. The number of allylic oxidation sites excluding steroid dienone is 12. The summed E-state index contributed by atoms with van der Waals surface area (Å²) in [6, 6.07) is 35.7. The third kappa shape index (κ3) is 5.03. The highest BCUT2D eigenvalue weighted by molar-refractivity contribution is 6.94. The van der Waals surface area contributed by atoms with Gasteiger partial charge in [0.25, 0.3) is 6.71 Å². The van der Waals surface area contributed by atoms with Crippen molar-refractivity contribution in [2.45, 2.75) is 34.1 Å². The molecular formula is C43H39BN2. The number of benzene rings is 4. The topological polar surface area (TPSA) is 6.48 Å². The first kappa shape index (κ1) is 29.4. The van der Waals surface area contributed by atoms with Crippen LogP contribution >= 0.6 is 0 Å². The van der Waals surface area contributed by atoms with Gasteiger partial charge in [0.15, 0.2) is 0 Å². The molecule has 46 heavy (non-hydrogen) atoms. The average molecular weight is 595 g/mol. The Labute approximate surface area is 274 Å². The van der Waals surface area contributed by atoms with Crippen molar-refractivity contribution in [1.82, 2.24) is 0 Å². The first-order valence-electron chi connectivity index (χ1n) is 16.3. The molecule has 2 heterocycles. The molecule has 4 aromatic carbocycles. The van der Waals surface area contributed by atoms with E-state index in [9.17, 15) is 0 Å². The van der Waals surface area contributed by atoms with Crippen molar-refractivity contribution in [2.75, 3.05) is 9.80 Å². The van der Waals surface area contributed by atoms with E-state index < -0.39 is 0 Å². The normalized spacial score (nSPS) is 16.9. The monoisotopic (exact) mass is 594 g/mol. The maximum atomic E-state index is 2.47. The number of rotatable bonds is 5. The molecule has 3 aliphatic rings. The molecule has 0 saturated carbocycles. The Kier molecular flexibility index (Phi) is 8.07. The lowest BCUT2D eigenvalue weighted by Crippen LogP contribution is -2.56. The minimum Gasteiger partial charge on any atom is -0.316 e. The minimum absolute atomic E-state index is 0.0929. The summed E-state index contributed by atoms with van der Waals surface area (Å²) >= 11 is 0. The molecule has 0 fully saturated rings. The van der Waals surface area contributed by atoms with Crippen molar-refractivity contribution in [3.63, 3.8) is 0 Å². The number of fused-ring (bicyclic) bond motifs is 5. The molecule has 2 aliphatic heterocycles. The molecular weight excluding hydrogens is 555 g/mol. The smallest absolute Gasteiger partial charge is 0.251 e. The van der Waals surface area contributed by atoms with Crippen LogP contribution < -0.4 is 20.7 Å². The lowest BCUT2D eigenvalue weighted by atomic mass is 9.32. The van der Waals surface area contributed by atoms with Gasteiger partial charge < -0.3 is 9.80 Å². The molecule has 224 valence electrons. The summed E-state index contributed by atoms with van der Waals surface area (Å²) in [5, 5.41) is 0. The van der Waals surface area contributed by atoms with Crippen LogP contribution in [-0.2, 0) is 0 Å². The summed E-state index contributed by atoms with van der Waals surface area (Å²) < 4.78 is 0. The van der Waals surface area contributed by atoms with Gasteiger partial charge in [0.2, 0.25) is 0 Å². The first-order valence-corrected chi connectivity index (χ1v) is 16.3. The largest absolute Gasteiger partial charge is 0.316 e. The van der Waals surface area contributed by atoms with Crippen molar-refractivity contribution in [2.24, 2.45) is 0 Å². The molecule has 0 spiro atoms. The van der Waals surface area contributed by atoms with E-state index in [0.29, 0.717) is 0 Å². The van der Waals surface area contributed by atoms with E-state index in [1.807, 2.05) is 0 Å². The third-order valence-corrected chi connectivity index (χ3v) is 9.31. The molecule has 0 amide bonds. The van der Waals surface area contributed by atoms with Gasteiger partial charge in [-0.25, -0.2) is 0 Å². The van der Waals surface area contributed by atoms with Crippen LogP contribution in [0.3, 0.4) is 0 Å². The van der Waals surface area contributed by atoms with E-state index in [1.165, 1.54) is 67.1 Å². The van der Waals surface area contributed by atoms with Crippen molar-refractivity contribution < 1.29 is 0 Å². The molecule has 0 atom stereocenters. The zero-order valence-electron chi connectivity index (χ0n) is 27.1. The second-order valence-electron chi connectivity index (χ2n) is 11.9. The highest BCUT2D eigenvalue weighted by atomic mass is 15.2. The zero-order valence-corrected chi connectivity index (χ0v) is 27.1. The molecule has 0 radical (unpaired) electrons. The molecule has 7 rings (SSSR count). The molecule has 2 nitrogen and oxygen atoms in total. The van der Waals surface area contributed by atoms with Gasteiger partial charge in [-0.1, -0.05) is 121 Å². The van der Waals surface area contributed by atoms with Gasteiger partial charge >= 0.3 is 0 Å². The fraction of sp³-hybridized carbons (Fsp3) is 0.116. The highest BCUT2D eigenvalue weighted by Crippen LogP contribution is 2.44. The summed E-state index contributed by atoms with van der Waals surface area (Å²) in [6.07, 6.45) is 20.9. The Morgan fingerprint density at radius 2 is 1.43 bits per heavy atom. The maximum Gasteiger partial charge on any atom is 0.251 e. The molecule has 1 aliphatic carbocycles. The third-order valence-electron chi connectivity index (χ3n) is 9.31. The quantitative estimate of drug-likeness (QED) is 0.168. The Bertz CT molecular complexity index is 2000. The summed E-state index contributed by atoms with van der Waals surface area (Å²) in [6.45, 7) is 8.81. The zero-order chi connectivity index (χ0) is 31.6. The van der Waals surface area contributed by atoms with Crippen molar-refractivity contribution in [3.8, 4) is 11.1 Å². The molecule has 0 unspecified atom stereocenters. The van der Waals surface area contributed by atoms with Gasteiger partial charge in [0.1, 0.15) is 0 Å². The lowest BCUT2D eigenvalue weighted by Gasteiger charge is -2.45. The standard InChI is InChI=1S/C43H39BN2/c1-5-18-36(6-2)45-31(4)43-40(7-3)46(37-23-16-11-17-24-37)42-30-35(33-21-14-10-15-22-33)26-28-39(42)44(43)38-27-25-34(29-41(38)45)32-19-12-8-9-13-20-32/h5-12,14-30H,13H2,1-4H3/b18-5-,36-6+,40-7+. The van der Waals surface area contributed by atoms with Crippen LogP contribution in [0.4, 0.5) is 17.1 Å². The van der Waals surface area contributed by atoms with Crippen molar-refractivity contribution in [1.29, 1.82) is 0 Å². The summed E-state index contributed by atoms with van der Waals surface area (Å²) in [7, 11) is 0. The van der Waals surface area contributed by atoms with Gasteiger partial charge in [0, 0.05) is 34.2 Å². The molecule has 0 bridgehead atoms. The van der Waals surface area contributed by atoms with Crippen LogP contribution in [0, 0.1) is 0 Å². The molecule has 0 aromatic heterocycles. The molecule has 4 aromatic rings. The molecule has 3 heteroatoms. The Morgan fingerprint density at radius 3 is 2.15 bits per heavy atom. The molecule has 0 N–H and O–H groups in total. The number of para-hydroxylation sites is 1. The van der Waals surface area contributed by atoms with Crippen molar-refractivity contribution >= 4 is 40.3 Å². The summed E-state index contributed by atoms with van der Waals surface area (Å²) in [5.74, 6) is 0. The van der Waals surface area contributed by atoms with Crippen LogP contribution in [0.15, 0.2) is 174 Å². The number of nitrogens with zero attached hydrogens (tertiary/aromatic N) is 2. The van der Waals surface area contributed by atoms with Crippen LogP contribution in [0.25, 0.3) is 16.7 Å². The van der Waals surface area contributed by atoms with Crippen LogP contribution in [-0.4, -0.2) is 6.71 Å². The van der Waals surface area contributed by atoms with E-state index in [-0.39, 0.29) is 6.71 Å².